The monoisotopic (exact) mass is 367 g/mol. The molecule has 0 aliphatic carbocycles. The number of nitro groups is 1. The van der Waals surface area contributed by atoms with Gasteiger partial charge in [-0.05, 0) is 30.3 Å². The molecule has 1 aliphatic rings. The third-order valence-electron chi connectivity index (χ3n) is 4.15. The van der Waals surface area contributed by atoms with E-state index in [1.54, 1.807) is 0 Å². The molecule has 2 amide bonds. The topological polar surface area (TPSA) is 107 Å². The lowest BCUT2D eigenvalue weighted by atomic mass is 10.1. The number of imide groups is 1. The maximum atomic E-state index is 13.0. The van der Waals surface area contributed by atoms with Crippen LogP contribution in [0.25, 0.3) is 11.3 Å². The van der Waals surface area contributed by atoms with Crippen LogP contribution in [0.3, 0.4) is 0 Å². The Bertz CT molecular complexity index is 1090. The molecule has 4 rings (SSSR count). The van der Waals surface area contributed by atoms with E-state index in [2.05, 4.69) is 4.98 Å². The molecule has 1 aliphatic heterocycles. The number of oxazole rings is 1. The van der Waals surface area contributed by atoms with Crippen molar-refractivity contribution in [2.75, 3.05) is 0 Å². The molecular weight excluding hydrogens is 357 g/mol. The smallest absolute Gasteiger partial charge is 0.282 e. The summed E-state index contributed by atoms with van der Waals surface area (Å²) in [5.41, 5.74) is -0.113. The molecule has 0 atom stereocenters. The average Bonchev–Trinajstić information content (AvgIpc) is 3.22. The van der Waals surface area contributed by atoms with Gasteiger partial charge in [0, 0.05) is 11.6 Å². The molecule has 9 heteroatoms. The number of nitrogens with zero attached hydrogens (tertiary/aromatic N) is 3. The van der Waals surface area contributed by atoms with Gasteiger partial charge in [-0.1, -0.05) is 6.07 Å². The summed E-state index contributed by atoms with van der Waals surface area (Å²) in [5.74, 6) is -1.41. The van der Waals surface area contributed by atoms with Crippen LogP contribution in [0.2, 0.25) is 0 Å². The van der Waals surface area contributed by atoms with E-state index in [0.717, 1.165) is 4.90 Å². The lowest BCUT2D eigenvalue weighted by molar-refractivity contribution is -0.385. The van der Waals surface area contributed by atoms with E-state index in [9.17, 15) is 24.1 Å². The molecule has 2 heterocycles. The predicted octanol–water partition coefficient (Wildman–Crippen LogP) is 3.19. The fraction of sp³-hybridized carbons (Fsp3) is 0.0556. The summed E-state index contributed by atoms with van der Waals surface area (Å²) in [6, 6.07) is 9.43. The van der Waals surface area contributed by atoms with Gasteiger partial charge in [0.15, 0.2) is 5.76 Å². The van der Waals surface area contributed by atoms with Crippen molar-refractivity contribution in [1.29, 1.82) is 0 Å². The Labute approximate surface area is 151 Å². The molecule has 0 bridgehead atoms. The predicted molar refractivity (Wildman–Crippen MR) is 89.2 cm³/mol. The summed E-state index contributed by atoms with van der Waals surface area (Å²) in [7, 11) is 0. The summed E-state index contributed by atoms with van der Waals surface area (Å²) < 4.78 is 18.5. The Balaban J connectivity index is 1.62. The molecule has 0 saturated heterocycles. The first-order valence-corrected chi connectivity index (χ1v) is 7.80. The first-order chi connectivity index (χ1) is 13.0. The zero-order chi connectivity index (χ0) is 19.1. The van der Waals surface area contributed by atoms with Gasteiger partial charge in [-0.15, -0.1) is 0 Å². The summed E-state index contributed by atoms with van der Waals surface area (Å²) in [6.45, 7) is -0.273. The van der Waals surface area contributed by atoms with Crippen molar-refractivity contribution in [3.05, 3.63) is 81.6 Å². The largest absolute Gasteiger partial charge is 0.439 e. The fourth-order valence-corrected chi connectivity index (χ4v) is 2.88. The molecule has 8 nitrogen and oxygen atoms in total. The number of rotatable bonds is 4. The quantitative estimate of drug-likeness (QED) is 0.398. The number of benzene rings is 2. The van der Waals surface area contributed by atoms with Gasteiger partial charge < -0.3 is 4.42 Å². The van der Waals surface area contributed by atoms with E-state index in [0.29, 0.717) is 11.3 Å². The molecule has 0 saturated carbocycles. The minimum Gasteiger partial charge on any atom is -0.439 e. The second-order valence-corrected chi connectivity index (χ2v) is 5.78. The minimum atomic E-state index is -0.774. The maximum Gasteiger partial charge on any atom is 0.282 e. The Hall–Kier alpha value is -3.88. The fourth-order valence-electron chi connectivity index (χ4n) is 2.88. The highest BCUT2D eigenvalue weighted by molar-refractivity contribution is 6.23. The van der Waals surface area contributed by atoms with Gasteiger partial charge in [-0.3, -0.25) is 24.6 Å². The summed E-state index contributed by atoms with van der Waals surface area (Å²) >= 11 is 0. The van der Waals surface area contributed by atoms with Crippen molar-refractivity contribution in [3.8, 4) is 11.3 Å². The second kappa shape index (κ2) is 6.13. The van der Waals surface area contributed by atoms with Crippen LogP contribution in [-0.2, 0) is 6.54 Å². The molecule has 27 heavy (non-hydrogen) atoms. The number of hydrogen-bond acceptors (Lipinski definition) is 6. The van der Waals surface area contributed by atoms with Crippen LogP contribution in [0.1, 0.15) is 26.6 Å². The second-order valence-electron chi connectivity index (χ2n) is 5.78. The number of aromatic nitrogens is 1. The van der Waals surface area contributed by atoms with Crippen LogP contribution in [-0.4, -0.2) is 26.6 Å². The van der Waals surface area contributed by atoms with Crippen molar-refractivity contribution in [2.24, 2.45) is 0 Å². The molecule has 134 valence electrons. The van der Waals surface area contributed by atoms with Gasteiger partial charge in [0.05, 0.1) is 16.7 Å². The van der Waals surface area contributed by atoms with E-state index < -0.39 is 28.2 Å². The van der Waals surface area contributed by atoms with Crippen molar-refractivity contribution in [3.63, 3.8) is 0 Å². The number of carbonyl (C=O) groups is 2. The van der Waals surface area contributed by atoms with E-state index in [-0.39, 0.29) is 23.6 Å². The molecule has 3 aromatic rings. The number of nitro benzene ring substituents is 1. The number of amides is 2. The molecule has 1 aromatic heterocycles. The third-order valence-corrected chi connectivity index (χ3v) is 4.15. The number of hydrogen-bond donors (Lipinski definition) is 0. The SMILES string of the molecule is O=C1c2cccc([N+](=O)[O-])c2C(=O)N1Cc1ncc(-c2ccc(F)cc2)o1. The van der Waals surface area contributed by atoms with Gasteiger partial charge >= 0.3 is 0 Å². The van der Waals surface area contributed by atoms with Gasteiger partial charge in [0.1, 0.15) is 17.9 Å². The molecule has 0 spiro atoms. The molecule has 0 unspecified atom stereocenters. The summed E-state index contributed by atoms with van der Waals surface area (Å²) in [5, 5.41) is 11.1. The van der Waals surface area contributed by atoms with Gasteiger partial charge in [0.25, 0.3) is 17.5 Å². The van der Waals surface area contributed by atoms with Crippen LogP contribution in [0.15, 0.2) is 53.1 Å². The minimum absolute atomic E-state index is 0.0282. The number of halogens is 1. The maximum absolute atomic E-state index is 13.0. The molecular formula is C18H10FN3O5. The summed E-state index contributed by atoms with van der Waals surface area (Å²) in [6.07, 6.45) is 1.39. The van der Waals surface area contributed by atoms with Crippen molar-refractivity contribution in [1.82, 2.24) is 9.88 Å². The van der Waals surface area contributed by atoms with Crippen LogP contribution in [0.5, 0.6) is 0 Å². The molecule has 0 N–H and O–H groups in total. The standard InChI is InChI=1S/C18H10FN3O5/c19-11-6-4-10(5-7-11)14-8-20-15(27-14)9-21-17(23)12-2-1-3-13(22(25)26)16(12)18(21)24/h1-8H,9H2. The Morgan fingerprint density at radius 3 is 2.56 bits per heavy atom. The Kier molecular flexibility index (Phi) is 3.76. The van der Waals surface area contributed by atoms with E-state index in [1.165, 1.54) is 48.7 Å². The zero-order valence-electron chi connectivity index (χ0n) is 13.6. The number of fused-ring (bicyclic) bond motifs is 1. The normalized spacial score (nSPS) is 13.1. The third kappa shape index (κ3) is 2.74. The molecule has 0 radical (unpaired) electrons. The van der Waals surface area contributed by atoms with Gasteiger partial charge in [-0.25, -0.2) is 9.37 Å². The van der Waals surface area contributed by atoms with Crippen molar-refractivity contribution < 1.29 is 23.3 Å². The highest BCUT2D eigenvalue weighted by Gasteiger charge is 2.41. The lowest BCUT2D eigenvalue weighted by Crippen LogP contribution is -2.29. The first-order valence-electron chi connectivity index (χ1n) is 7.80. The summed E-state index contributed by atoms with van der Waals surface area (Å²) in [4.78, 5) is 40.3. The molecule has 2 aromatic carbocycles. The van der Waals surface area contributed by atoms with Gasteiger partial charge in [0.2, 0.25) is 5.89 Å². The van der Waals surface area contributed by atoms with Crippen LogP contribution < -0.4 is 0 Å². The van der Waals surface area contributed by atoms with Gasteiger partial charge in [-0.2, -0.15) is 0 Å². The Morgan fingerprint density at radius 1 is 1.11 bits per heavy atom. The lowest BCUT2D eigenvalue weighted by Gasteiger charge is -2.10. The highest BCUT2D eigenvalue weighted by Crippen LogP contribution is 2.32. The first kappa shape index (κ1) is 16.6. The van der Waals surface area contributed by atoms with Crippen LogP contribution >= 0.6 is 0 Å². The van der Waals surface area contributed by atoms with Crippen LogP contribution in [0.4, 0.5) is 10.1 Å². The average molecular weight is 367 g/mol. The highest BCUT2D eigenvalue weighted by atomic mass is 19.1. The van der Waals surface area contributed by atoms with E-state index in [4.69, 9.17) is 4.42 Å². The Morgan fingerprint density at radius 2 is 1.85 bits per heavy atom. The van der Waals surface area contributed by atoms with Crippen molar-refractivity contribution >= 4 is 17.5 Å². The van der Waals surface area contributed by atoms with E-state index >= 15 is 0 Å². The molecule has 0 fully saturated rings. The van der Waals surface area contributed by atoms with Crippen LogP contribution in [0, 0.1) is 15.9 Å². The van der Waals surface area contributed by atoms with E-state index in [1.807, 2.05) is 0 Å². The van der Waals surface area contributed by atoms with Crippen molar-refractivity contribution in [2.45, 2.75) is 6.54 Å². The zero-order valence-corrected chi connectivity index (χ0v) is 13.6. The number of carbonyl (C=O) groups excluding carboxylic acids is 2.